The molecule has 1 N–H and O–H groups in total. The molecule has 0 aromatic rings. The maximum Gasteiger partial charge on any atom is 0.308 e. The predicted octanol–water partition coefficient (Wildman–Crippen LogP) is 4.32. The average Bonchev–Trinajstić information content (AvgIpc) is 2.44. The van der Waals surface area contributed by atoms with Crippen molar-refractivity contribution in [3.05, 3.63) is 0 Å². The highest BCUT2D eigenvalue weighted by Gasteiger charge is 2.23. The Balaban J connectivity index is 3.86. The monoisotopic (exact) mass is 286 g/mol. The van der Waals surface area contributed by atoms with E-state index in [4.69, 9.17) is 9.84 Å². The Kier molecular flexibility index (Phi) is 10.8. The number of ether oxygens (including phenoxy) is 1. The van der Waals surface area contributed by atoms with Gasteiger partial charge in [0.1, 0.15) is 0 Å². The first kappa shape index (κ1) is 19.4. The summed E-state index contributed by atoms with van der Waals surface area (Å²) in [4.78, 5) is 12.0. The lowest BCUT2D eigenvalue weighted by atomic mass is 9.95. The number of aliphatic hydroxyl groups excluding tert-OH is 1. The molecule has 0 rings (SSSR count). The van der Waals surface area contributed by atoms with E-state index in [1.54, 1.807) is 0 Å². The molecule has 1 unspecified atom stereocenters. The van der Waals surface area contributed by atoms with Gasteiger partial charge in [0, 0.05) is 5.41 Å². The maximum atomic E-state index is 12.0. The number of aliphatic hydroxyl groups is 1. The number of carbonyl (C=O) groups excluding carboxylic acids is 1. The summed E-state index contributed by atoms with van der Waals surface area (Å²) in [6.07, 6.45) is 9.26. The standard InChI is InChI=1S/C17H34O3/c1-5-7-8-9-10-11-12-15(6-2)16(19)20-14-17(3,4)13-18/h15,18H,5-14H2,1-4H3. The Hall–Kier alpha value is -0.570. The second-order valence-corrected chi connectivity index (χ2v) is 6.59. The van der Waals surface area contributed by atoms with Gasteiger partial charge >= 0.3 is 5.97 Å². The molecule has 0 aromatic carbocycles. The number of esters is 1. The van der Waals surface area contributed by atoms with Crippen molar-refractivity contribution in [1.29, 1.82) is 0 Å². The highest BCUT2D eigenvalue weighted by Crippen LogP contribution is 2.19. The Morgan fingerprint density at radius 3 is 2.25 bits per heavy atom. The predicted molar refractivity (Wildman–Crippen MR) is 83.6 cm³/mol. The van der Waals surface area contributed by atoms with Crippen LogP contribution in [-0.4, -0.2) is 24.3 Å². The zero-order valence-electron chi connectivity index (χ0n) is 13.9. The third-order valence-corrected chi connectivity index (χ3v) is 3.77. The Labute approximate surface area is 125 Å². The fourth-order valence-corrected chi connectivity index (χ4v) is 2.09. The zero-order chi connectivity index (χ0) is 15.4. The second kappa shape index (κ2) is 11.1. The SMILES string of the molecule is CCCCCCCCC(CC)C(=O)OCC(C)(C)CO. The zero-order valence-corrected chi connectivity index (χ0v) is 13.9. The van der Waals surface area contributed by atoms with Crippen LogP contribution in [0.15, 0.2) is 0 Å². The van der Waals surface area contributed by atoms with Gasteiger partial charge in [0.15, 0.2) is 0 Å². The number of rotatable bonds is 12. The lowest BCUT2D eigenvalue weighted by Crippen LogP contribution is -2.28. The van der Waals surface area contributed by atoms with Crippen molar-refractivity contribution in [2.24, 2.45) is 11.3 Å². The molecule has 1 atom stereocenters. The summed E-state index contributed by atoms with van der Waals surface area (Å²) in [7, 11) is 0. The lowest BCUT2D eigenvalue weighted by Gasteiger charge is -2.23. The molecule has 0 aliphatic carbocycles. The van der Waals surface area contributed by atoms with Crippen molar-refractivity contribution < 1.29 is 14.6 Å². The summed E-state index contributed by atoms with van der Waals surface area (Å²) in [5, 5.41) is 9.16. The fourth-order valence-electron chi connectivity index (χ4n) is 2.09. The summed E-state index contributed by atoms with van der Waals surface area (Å²) in [5.41, 5.74) is -0.339. The molecule has 0 aliphatic heterocycles. The van der Waals surface area contributed by atoms with Gasteiger partial charge in [-0.05, 0) is 12.8 Å². The smallest absolute Gasteiger partial charge is 0.308 e. The van der Waals surface area contributed by atoms with Crippen molar-refractivity contribution in [2.75, 3.05) is 13.2 Å². The van der Waals surface area contributed by atoms with Gasteiger partial charge in [-0.1, -0.05) is 66.2 Å². The van der Waals surface area contributed by atoms with Crippen LogP contribution in [-0.2, 0) is 9.53 Å². The molecule has 120 valence electrons. The van der Waals surface area contributed by atoms with Gasteiger partial charge in [-0.3, -0.25) is 4.79 Å². The molecule has 0 fully saturated rings. The first-order chi connectivity index (χ1) is 9.46. The van der Waals surface area contributed by atoms with E-state index < -0.39 is 0 Å². The van der Waals surface area contributed by atoms with Crippen LogP contribution in [0, 0.1) is 11.3 Å². The summed E-state index contributed by atoms with van der Waals surface area (Å²) in [5.74, 6) is -0.0711. The van der Waals surface area contributed by atoms with Gasteiger partial charge in [-0.2, -0.15) is 0 Å². The number of carbonyl (C=O) groups is 1. The minimum Gasteiger partial charge on any atom is -0.465 e. The van der Waals surface area contributed by atoms with Crippen LogP contribution in [0.3, 0.4) is 0 Å². The molecule has 0 bridgehead atoms. The van der Waals surface area contributed by atoms with Crippen LogP contribution in [0.5, 0.6) is 0 Å². The molecule has 0 aliphatic rings. The van der Waals surface area contributed by atoms with Gasteiger partial charge in [-0.15, -0.1) is 0 Å². The third kappa shape index (κ3) is 9.35. The molecule has 0 saturated heterocycles. The van der Waals surface area contributed by atoms with Gasteiger partial charge < -0.3 is 9.84 Å². The maximum absolute atomic E-state index is 12.0. The Morgan fingerprint density at radius 1 is 1.10 bits per heavy atom. The Morgan fingerprint density at radius 2 is 1.70 bits per heavy atom. The molecule has 0 saturated carbocycles. The third-order valence-electron chi connectivity index (χ3n) is 3.77. The Bertz CT molecular complexity index is 249. The highest BCUT2D eigenvalue weighted by atomic mass is 16.5. The van der Waals surface area contributed by atoms with Gasteiger partial charge in [-0.25, -0.2) is 0 Å². The summed E-state index contributed by atoms with van der Waals surface area (Å²) in [6, 6.07) is 0. The molecule has 0 heterocycles. The largest absolute Gasteiger partial charge is 0.465 e. The average molecular weight is 286 g/mol. The summed E-state index contributed by atoms with van der Waals surface area (Å²) < 4.78 is 5.35. The summed E-state index contributed by atoms with van der Waals surface area (Å²) in [6.45, 7) is 8.39. The van der Waals surface area contributed by atoms with E-state index in [-0.39, 0.29) is 23.9 Å². The van der Waals surface area contributed by atoms with Crippen molar-refractivity contribution in [3.8, 4) is 0 Å². The van der Waals surface area contributed by atoms with Crippen LogP contribution in [0.1, 0.15) is 79.1 Å². The van der Waals surface area contributed by atoms with E-state index in [0.717, 1.165) is 19.3 Å². The van der Waals surface area contributed by atoms with Gasteiger partial charge in [0.05, 0.1) is 19.1 Å². The van der Waals surface area contributed by atoms with Crippen molar-refractivity contribution >= 4 is 5.97 Å². The molecule has 20 heavy (non-hydrogen) atoms. The molecule has 0 radical (unpaired) electrons. The van der Waals surface area contributed by atoms with Crippen LogP contribution in [0.2, 0.25) is 0 Å². The molecule has 0 aromatic heterocycles. The summed E-state index contributed by atoms with van der Waals surface area (Å²) >= 11 is 0. The fraction of sp³-hybridized carbons (Fsp3) is 0.941. The van der Waals surface area contributed by atoms with Crippen molar-refractivity contribution in [2.45, 2.75) is 79.1 Å². The highest BCUT2D eigenvalue weighted by molar-refractivity contribution is 5.72. The number of unbranched alkanes of at least 4 members (excludes halogenated alkanes) is 5. The lowest BCUT2D eigenvalue weighted by molar-refractivity contribution is -0.152. The van der Waals surface area contributed by atoms with Crippen molar-refractivity contribution in [3.63, 3.8) is 0 Å². The minimum absolute atomic E-state index is 0.0238. The molecular formula is C17H34O3. The van der Waals surface area contributed by atoms with E-state index in [0.29, 0.717) is 6.61 Å². The van der Waals surface area contributed by atoms with E-state index in [2.05, 4.69) is 6.92 Å². The molecule has 0 amide bonds. The van der Waals surface area contributed by atoms with Crippen LogP contribution < -0.4 is 0 Å². The van der Waals surface area contributed by atoms with Gasteiger partial charge in [0.2, 0.25) is 0 Å². The van der Waals surface area contributed by atoms with Crippen LogP contribution >= 0.6 is 0 Å². The van der Waals surface area contributed by atoms with E-state index >= 15 is 0 Å². The van der Waals surface area contributed by atoms with E-state index in [1.165, 1.54) is 32.1 Å². The topological polar surface area (TPSA) is 46.5 Å². The molecule has 3 heteroatoms. The number of hydrogen-bond donors (Lipinski definition) is 1. The van der Waals surface area contributed by atoms with E-state index in [1.807, 2.05) is 20.8 Å². The number of hydrogen-bond acceptors (Lipinski definition) is 3. The van der Waals surface area contributed by atoms with Gasteiger partial charge in [0.25, 0.3) is 0 Å². The molecular weight excluding hydrogens is 252 g/mol. The molecule has 0 spiro atoms. The first-order valence-corrected chi connectivity index (χ1v) is 8.24. The second-order valence-electron chi connectivity index (χ2n) is 6.59. The quantitative estimate of drug-likeness (QED) is 0.429. The van der Waals surface area contributed by atoms with Crippen molar-refractivity contribution in [1.82, 2.24) is 0 Å². The van der Waals surface area contributed by atoms with Crippen LogP contribution in [0.25, 0.3) is 0 Å². The van der Waals surface area contributed by atoms with Crippen LogP contribution in [0.4, 0.5) is 0 Å². The molecule has 3 nitrogen and oxygen atoms in total. The normalized spacial score (nSPS) is 13.2. The first-order valence-electron chi connectivity index (χ1n) is 8.24. The van der Waals surface area contributed by atoms with E-state index in [9.17, 15) is 4.79 Å². The minimum atomic E-state index is -0.339.